The molecule has 0 radical (unpaired) electrons. The largest absolute Gasteiger partial charge is 0.454 e. The molecule has 1 aliphatic rings. The van der Waals surface area contributed by atoms with Crippen molar-refractivity contribution < 1.29 is 24.5 Å². The van der Waals surface area contributed by atoms with Gasteiger partial charge in [0.05, 0.1) is 24.2 Å². The third kappa shape index (κ3) is 5.38. The molecule has 12 heteroatoms. The molecule has 10 nitrogen and oxygen atoms in total. The summed E-state index contributed by atoms with van der Waals surface area (Å²) < 4.78 is 12.8. The van der Waals surface area contributed by atoms with Crippen LogP contribution in [0.1, 0.15) is 17.5 Å². The van der Waals surface area contributed by atoms with Crippen LogP contribution in [0.25, 0.3) is 32.6 Å². The molecule has 6 rings (SSSR count). The summed E-state index contributed by atoms with van der Waals surface area (Å²) in [5, 5.41) is 23.2. The molecule has 1 aliphatic heterocycles. The molecule has 42 heavy (non-hydrogen) atoms. The number of likely N-dealkylation sites (N-methyl/N-ethyl adjacent to an activating group) is 1. The van der Waals surface area contributed by atoms with Crippen LogP contribution in [0.4, 0.5) is 0 Å². The molecule has 0 saturated heterocycles. The van der Waals surface area contributed by atoms with Crippen molar-refractivity contribution in [3.05, 3.63) is 76.3 Å². The molecular weight excluding hydrogens is 576 g/mol. The zero-order valence-electron chi connectivity index (χ0n) is 22.8. The fourth-order valence-electron chi connectivity index (χ4n) is 5.09. The van der Waals surface area contributed by atoms with Crippen LogP contribution in [-0.4, -0.2) is 61.7 Å². The second-order valence-corrected chi connectivity index (χ2v) is 12.3. The normalized spacial score (nSPS) is 12.5. The van der Waals surface area contributed by atoms with Gasteiger partial charge in [-0.2, -0.15) is 0 Å². The van der Waals surface area contributed by atoms with Gasteiger partial charge in [0, 0.05) is 66.9 Å². The minimum atomic E-state index is -0.309. The number of hydrogen-bond acceptors (Lipinski definition) is 10. The number of aromatic nitrogens is 3. The first-order valence-corrected chi connectivity index (χ1v) is 15.7. The molecule has 216 valence electrons. The predicted molar refractivity (Wildman–Crippen MR) is 164 cm³/mol. The van der Waals surface area contributed by atoms with Crippen LogP contribution in [0.15, 0.2) is 64.7 Å². The van der Waals surface area contributed by atoms with E-state index in [1.807, 2.05) is 24.3 Å². The van der Waals surface area contributed by atoms with Crippen molar-refractivity contribution in [1.82, 2.24) is 19.4 Å². The van der Waals surface area contributed by atoms with Gasteiger partial charge in [-0.1, -0.05) is 16.9 Å². The van der Waals surface area contributed by atoms with Crippen LogP contribution >= 0.6 is 21.6 Å². The number of rotatable bonds is 10. The molecule has 0 saturated carbocycles. The molecule has 4 heterocycles. The van der Waals surface area contributed by atoms with Crippen molar-refractivity contribution in [2.24, 2.45) is 0 Å². The van der Waals surface area contributed by atoms with E-state index in [9.17, 15) is 19.8 Å². The number of benzene rings is 2. The Kier molecular flexibility index (Phi) is 8.20. The average molecular weight is 605 g/mol. The van der Waals surface area contributed by atoms with E-state index < -0.39 is 0 Å². The highest BCUT2D eigenvalue weighted by Crippen LogP contribution is 2.39. The summed E-state index contributed by atoms with van der Waals surface area (Å²) in [5.74, 6) is 1.76. The van der Waals surface area contributed by atoms with Crippen LogP contribution in [-0.2, 0) is 24.6 Å². The van der Waals surface area contributed by atoms with Gasteiger partial charge in [0.15, 0.2) is 11.5 Å². The van der Waals surface area contributed by atoms with E-state index in [0.717, 1.165) is 5.03 Å². The Hall–Kier alpha value is -3.84. The molecule has 1 amide bonds. The van der Waals surface area contributed by atoms with Gasteiger partial charge in [-0.25, -0.2) is 4.98 Å². The summed E-state index contributed by atoms with van der Waals surface area (Å²) in [6.45, 7) is 0.0768. The highest BCUT2D eigenvalue weighted by Gasteiger charge is 2.21. The van der Waals surface area contributed by atoms with Gasteiger partial charge in [-0.05, 0) is 57.6 Å². The Morgan fingerprint density at radius 3 is 2.50 bits per heavy atom. The monoisotopic (exact) mass is 604 g/mol. The Morgan fingerprint density at radius 2 is 1.76 bits per heavy atom. The lowest BCUT2D eigenvalue weighted by Gasteiger charge is -2.21. The predicted octanol–water partition coefficient (Wildman–Crippen LogP) is 4.10. The fourth-order valence-corrected chi connectivity index (χ4v) is 6.95. The first-order chi connectivity index (χ1) is 20.5. The quantitative estimate of drug-likeness (QED) is 0.137. The van der Waals surface area contributed by atoms with Gasteiger partial charge >= 0.3 is 0 Å². The number of nitrogens with zero attached hydrogens (tertiary/aromatic N) is 4. The van der Waals surface area contributed by atoms with Crippen molar-refractivity contribution in [3.8, 4) is 11.5 Å². The summed E-state index contributed by atoms with van der Waals surface area (Å²) in [7, 11) is 4.85. The molecule has 5 aromatic rings. The number of hydrogen-bond donors (Lipinski definition) is 2. The maximum Gasteiger partial charge on any atom is 0.259 e. The Labute approximate surface area is 248 Å². The van der Waals surface area contributed by atoms with Crippen LogP contribution in [0, 0.1) is 0 Å². The van der Waals surface area contributed by atoms with Crippen LogP contribution < -0.4 is 15.0 Å². The Bertz CT molecular complexity index is 1860. The summed E-state index contributed by atoms with van der Waals surface area (Å²) in [5.41, 5.74) is 2.06. The van der Waals surface area contributed by atoms with E-state index in [1.165, 1.54) is 10.8 Å². The lowest BCUT2D eigenvalue weighted by molar-refractivity contribution is -0.129. The van der Waals surface area contributed by atoms with Crippen LogP contribution in [0.3, 0.4) is 0 Å². The number of amides is 1. The second-order valence-electron chi connectivity index (χ2n) is 9.82. The standard InChI is InChI=1S/C30H28N4O6S2/c1-33(28(37)5-9-41-42-27-4-2-3-6-31-27)7-8-34-29-22-12-25-26(40-17-39-25)13-24(22)32-14-23(29)20-10-18(15-35)19(16-36)11-21(20)30(34)38/h2-4,6,10-14,35-36H,5,7-9,15-17H2,1H3. The molecule has 2 N–H and O–H groups in total. The first-order valence-electron chi connectivity index (χ1n) is 13.3. The Balaban J connectivity index is 1.34. The maximum atomic E-state index is 14.0. The minimum absolute atomic E-state index is 0.0210. The number of aliphatic hydroxyl groups is 2. The Morgan fingerprint density at radius 1 is 1.00 bits per heavy atom. The first kappa shape index (κ1) is 28.3. The number of carbonyl (C=O) groups is 1. The van der Waals surface area contributed by atoms with Gasteiger partial charge in [-0.3, -0.25) is 14.6 Å². The smallest absolute Gasteiger partial charge is 0.259 e. The zero-order chi connectivity index (χ0) is 29.2. The molecular formula is C30H28N4O6S2. The number of aliphatic hydroxyl groups excluding tert-OH is 2. The van der Waals surface area contributed by atoms with Gasteiger partial charge in [0.2, 0.25) is 12.7 Å². The maximum absolute atomic E-state index is 14.0. The molecule has 3 aromatic heterocycles. The van der Waals surface area contributed by atoms with Crippen molar-refractivity contribution >= 4 is 60.1 Å². The van der Waals surface area contributed by atoms with E-state index in [-0.39, 0.29) is 38.0 Å². The average Bonchev–Trinajstić information content (AvgIpc) is 3.48. The molecule has 0 atom stereocenters. The topological polar surface area (TPSA) is 127 Å². The summed E-state index contributed by atoms with van der Waals surface area (Å²) in [6, 6.07) is 12.7. The summed E-state index contributed by atoms with van der Waals surface area (Å²) in [4.78, 5) is 37.6. The van der Waals surface area contributed by atoms with Crippen LogP contribution in [0.5, 0.6) is 11.5 Å². The molecule has 0 bridgehead atoms. The van der Waals surface area contributed by atoms with E-state index in [4.69, 9.17) is 9.47 Å². The van der Waals surface area contributed by atoms with Gasteiger partial charge in [0.25, 0.3) is 5.56 Å². The summed E-state index contributed by atoms with van der Waals surface area (Å²) >= 11 is 0. The van der Waals surface area contributed by atoms with Gasteiger partial charge in [-0.15, -0.1) is 0 Å². The fraction of sp³-hybridized carbons (Fsp3) is 0.267. The lowest BCUT2D eigenvalue weighted by Crippen LogP contribution is -2.33. The van der Waals surface area contributed by atoms with E-state index in [2.05, 4.69) is 9.97 Å². The van der Waals surface area contributed by atoms with E-state index in [0.29, 0.717) is 73.9 Å². The number of carbonyl (C=O) groups excluding carboxylic acids is 1. The number of fused-ring (bicyclic) bond motifs is 6. The number of ether oxygens (including phenoxy) is 2. The highest BCUT2D eigenvalue weighted by molar-refractivity contribution is 8.76. The lowest BCUT2D eigenvalue weighted by atomic mass is 9.98. The molecule has 0 unspecified atom stereocenters. The van der Waals surface area contributed by atoms with E-state index in [1.54, 1.807) is 57.9 Å². The van der Waals surface area contributed by atoms with Crippen molar-refractivity contribution in [1.29, 1.82) is 0 Å². The van der Waals surface area contributed by atoms with Gasteiger partial charge in [0.1, 0.15) is 5.03 Å². The zero-order valence-corrected chi connectivity index (χ0v) is 24.4. The van der Waals surface area contributed by atoms with Gasteiger partial charge < -0.3 is 29.2 Å². The SMILES string of the molecule is CN(CCn1c(=O)c2cc(CO)c(CO)cc2c2cnc3cc4c(cc3c21)OCO4)C(=O)CCSSc1ccccn1. The molecule has 0 spiro atoms. The van der Waals surface area contributed by atoms with E-state index >= 15 is 0 Å². The third-order valence-electron chi connectivity index (χ3n) is 7.32. The summed E-state index contributed by atoms with van der Waals surface area (Å²) in [6.07, 6.45) is 3.81. The second kappa shape index (κ2) is 12.2. The third-order valence-corrected chi connectivity index (χ3v) is 9.58. The molecule has 2 aromatic carbocycles. The highest BCUT2D eigenvalue weighted by atomic mass is 33.1. The van der Waals surface area contributed by atoms with Crippen molar-refractivity contribution in [2.45, 2.75) is 31.2 Å². The van der Waals surface area contributed by atoms with Crippen LogP contribution in [0.2, 0.25) is 0 Å². The van der Waals surface area contributed by atoms with Crippen molar-refractivity contribution in [2.75, 3.05) is 26.1 Å². The molecule has 0 fully saturated rings. The number of pyridine rings is 3. The molecule has 0 aliphatic carbocycles. The minimum Gasteiger partial charge on any atom is -0.454 e. The van der Waals surface area contributed by atoms with Crippen molar-refractivity contribution in [3.63, 3.8) is 0 Å².